The van der Waals surface area contributed by atoms with Crippen molar-refractivity contribution in [1.82, 2.24) is 5.43 Å². The van der Waals surface area contributed by atoms with Gasteiger partial charge in [-0.3, -0.25) is 4.79 Å². The SMILES string of the molecule is CC1(C)C2CCC1(C)C(SC1=NNC3CCCCC13)C2=O. The van der Waals surface area contributed by atoms with Crippen LogP contribution in [0.4, 0.5) is 0 Å². The number of hydrogen-bond donors (Lipinski definition) is 1. The van der Waals surface area contributed by atoms with E-state index in [0.717, 1.165) is 6.42 Å². The molecule has 3 fully saturated rings. The zero-order chi connectivity index (χ0) is 14.8. The van der Waals surface area contributed by atoms with Gasteiger partial charge in [-0.1, -0.05) is 45.4 Å². The zero-order valence-electron chi connectivity index (χ0n) is 13.3. The van der Waals surface area contributed by atoms with Gasteiger partial charge in [0.1, 0.15) is 5.78 Å². The maximum Gasteiger partial charge on any atom is 0.150 e. The molecular weight excluding hydrogens is 280 g/mol. The van der Waals surface area contributed by atoms with E-state index in [2.05, 4.69) is 31.3 Å². The molecule has 4 aliphatic rings. The molecule has 0 aromatic rings. The quantitative estimate of drug-likeness (QED) is 0.805. The summed E-state index contributed by atoms with van der Waals surface area (Å²) in [7, 11) is 0. The van der Waals surface area contributed by atoms with Crippen LogP contribution in [-0.2, 0) is 4.79 Å². The van der Waals surface area contributed by atoms with Gasteiger partial charge in [0.15, 0.2) is 0 Å². The minimum atomic E-state index is 0.132. The molecular formula is C17H26N2OS. The van der Waals surface area contributed by atoms with E-state index in [-0.39, 0.29) is 22.0 Å². The molecule has 1 heterocycles. The van der Waals surface area contributed by atoms with Crippen molar-refractivity contribution in [2.75, 3.05) is 0 Å². The lowest BCUT2D eigenvalue weighted by Crippen LogP contribution is -2.38. The Morgan fingerprint density at radius 3 is 2.67 bits per heavy atom. The third-order valence-electron chi connectivity index (χ3n) is 7.14. The van der Waals surface area contributed by atoms with Crippen molar-refractivity contribution in [3.63, 3.8) is 0 Å². The van der Waals surface area contributed by atoms with Gasteiger partial charge < -0.3 is 5.43 Å². The van der Waals surface area contributed by atoms with Gasteiger partial charge in [-0.2, -0.15) is 5.10 Å². The standard InChI is InChI=1S/C17H26N2OS/c1-16(2)11-8-9-17(16,3)14(13(11)20)21-15-10-6-4-5-7-12(10)18-19-15/h10-12,14,18H,4-9H2,1-3H3. The molecule has 3 aliphatic carbocycles. The fraction of sp³-hybridized carbons (Fsp3) is 0.882. The van der Waals surface area contributed by atoms with Crippen LogP contribution in [0.3, 0.4) is 0 Å². The van der Waals surface area contributed by atoms with Crippen molar-refractivity contribution in [3.05, 3.63) is 0 Å². The van der Waals surface area contributed by atoms with Gasteiger partial charge in [-0.15, -0.1) is 0 Å². The first kappa shape index (κ1) is 14.1. The number of carbonyl (C=O) groups excluding carboxylic acids is 1. The Kier molecular flexibility index (Phi) is 3.02. The molecule has 1 N–H and O–H groups in total. The number of hydrazone groups is 1. The van der Waals surface area contributed by atoms with Gasteiger partial charge in [0.25, 0.3) is 0 Å². The summed E-state index contributed by atoms with van der Waals surface area (Å²) in [5, 5.41) is 5.97. The summed E-state index contributed by atoms with van der Waals surface area (Å²) in [6.45, 7) is 6.96. The van der Waals surface area contributed by atoms with E-state index in [1.807, 2.05) is 11.8 Å². The Morgan fingerprint density at radius 2 is 1.95 bits per heavy atom. The molecule has 0 saturated heterocycles. The van der Waals surface area contributed by atoms with E-state index in [4.69, 9.17) is 0 Å². The van der Waals surface area contributed by atoms with Gasteiger partial charge in [-0.05, 0) is 36.5 Å². The van der Waals surface area contributed by atoms with Gasteiger partial charge in [0.2, 0.25) is 0 Å². The molecule has 0 radical (unpaired) electrons. The first-order valence-corrected chi connectivity index (χ1v) is 9.36. The van der Waals surface area contributed by atoms with Gasteiger partial charge in [-0.25, -0.2) is 0 Å². The third kappa shape index (κ3) is 1.74. The first-order valence-electron chi connectivity index (χ1n) is 8.48. The van der Waals surface area contributed by atoms with E-state index in [1.54, 1.807) is 0 Å². The first-order chi connectivity index (χ1) is 9.95. The Labute approximate surface area is 131 Å². The van der Waals surface area contributed by atoms with E-state index in [9.17, 15) is 4.79 Å². The highest BCUT2D eigenvalue weighted by atomic mass is 32.2. The third-order valence-corrected chi connectivity index (χ3v) is 8.76. The van der Waals surface area contributed by atoms with Crippen LogP contribution >= 0.6 is 11.8 Å². The van der Waals surface area contributed by atoms with Crippen LogP contribution in [0.15, 0.2) is 5.10 Å². The van der Waals surface area contributed by atoms with Crippen LogP contribution in [0.5, 0.6) is 0 Å². The average Bonchev–Trinajstić information content (AvgIpc) is 2.99. The minimum absolute atomic E-state index is 0.132. The number of nitrogens with one attached hydrogen (secondary N) is 1. The van der Waals surface area contributed by atoms with Crippen molar-refractivity contribution in [2.24, 2.45) is 27.8 Å². The van der Waals surface area contributed by atoms with Crippen molar-refractivity contribution in [3.8, 4) is 0 Å². The van der Waals surface area contributed by atoms with Crippen molar-refractivity contribution >= 4 is 22.6 Å². The summed E-state index contributed by atoms with van der Waals surface area (Å²) in [4.78, 5) is 12.8. The summed E-state index contributed by atoms with van der Waals surface area (Å²) in [5.74, 6) is 1.35. The fourth-order valence-electron chi connectivity index (χ4n) is 5.22. The second-order valence-electron chi connectivity index (χ2n) is 8.21. The fourth-order valence-corrected chi connectivity index (χ4v) is 6.99. The summed E-state index contributed by atoms with van der Waals surface area (Å²) in [6, 6.07) is 0.538. The molecule has 116 valence electrons. The molecule has 2 bridgehead atoms. The molecule has 1 aliphatic heterocycles. The van der Waals surface area contributed by atoms with Crippen LogP contribution in [0.2, 0.25) is 0 Å². The summed E-state index contributed by atoms with van der Waals surface area (Å²) >= 11 is 1.81. The smallest absolute Gasteiger partial charge is 0.150 e. The number of carbonyl (C=O) groups is 1. The number of ketones is 1. The molecule has 0 spiro atoms. The maximum atomic E-state index is 12.8. The Bertz CT molecular complexity index is 515. The van der Waals surface area contributed by atoms with Crippen molar-refractivity contribution in [2.45, 2.75) is 70.6 Å². The second-order valence-corrected chi connectivity index (χ2v) is 9.33. The molecule has 5 atom stereocenters. The molecule has 0 amide bonds. The topological polar surface area (TPSA) is 41.5 Å². The van der Waals surface area contributed by atoms with Crippen LogP contribution in [0.25, 0.3) is 0 Å². The Morgan fingerprint density at radius 1 is 1.19 bits per heavy atom. The monoisotopic (exact) mass is 306 g/mol. The van der Waals surface area contributed by atoms with E-state index in [0.29, 0.717) is 17.7 Å². The molecule has 0 aromatic carbocycles. The zero-order valence-corrected chi connectivity index (χ0v) is 14.1. The molecule has 5 unspecified atom stereocenters. The van der Waals surface area contributed by atoms with Crippen LogP contribution in [-0.4, -0.2) is 22.1 Å². The Balaban J connectivity index is 1.57. The predicted molar refractivity (Wildman–Crippen MR) is 87.3 cm³/mol. The molecule has 21 heavy (non-hydrogen) atoms. The minimum Gasteiger partial charge on any atom is -0.306 e. The van der Waals surface area contributed by atoms with E-state index >= 15 is 0 Å². The highest BCUT2D eigenvalue weighted by molar-refractivity contribution is 8.15. The van der Waals surface area contributed by atoms with Crippen LogP contribution < -0.4 is 5.43 Å². The number of Topliss-reactive ketones (excluding diaryl/α,β-unsaturated/α-hetero) is 1. The van der Waals surface area contributed by atoms with Crippen molar-refractivity contribution < 1.29 is 4.79 Å². The van der Waals surface area contributed by atoms with E-state index < -0.39 is 0 Å². The number of hydrogen-bond acceptors (Lipinski definition) is 4. The Hall–Kier alpha value is -0.510. The molecule has 3 nitrogen and oxygen atoms in total. The normalized spacial score (nSPS) is 47.2. The number of fused-ring (bicyclic) bond motifs is 3. The second kappa shape index (κ2) is 4.50. The lowest BCUT2D eigenvalue weighted by molar-refractivity contribution is -0.122. The highest BCUT2D eigenvalue weighted by Crippen LogP contribution is 2.67. The highest BCUT2D eigenvalue weighted by Gasteiger charge is 2.66. The lowest BCUT2D eigenvalue weighted by atomic mass is 9.71. The lowest BCUT2D eigenvalue weighted by Gasteiger charge is -2.38. The molecule has 3 saturated carbocycles. The number of thioether (sulfide) groups is 1. The predicted octanol–water partition coefficient (Wildman–Crippen LogP) is 3.59. The number of nitrogens with zero attached hydrogens (tertiary/aromatic N) is 1. The maximum absolute atomic E-state index is 12.8. The number of rotatable bonds is 1. The van der Waals surface area contributed by atoms with Crippen LogP contribution in [0, 0.1) is 22.7 Å². The van der Waals surface area contributed by atoms with Crippen molar-refractivity contribution in [1.29, 1.82) is 0 Å². The van der Waals surface area contributed by atoms with Crippen LogP contribution in [0.1, 0.15) is 59.3 Å². The molecule has 4 rings (SSSR count). The summed E-state index contributed by atoms with van der Waals surface area (Å²) in [5.41, 5.74) is 3.63. The largest absolute Gasteiger partial charge is 0.306 e. The van der Waals surface area contributed by atoms with Gasteiger partial charge >= 0.3 is 0 Å². The average molecular weight is 306 g/mol. The molecule has 4 heteroatoms. The van der Waals surface area contributed by atoms with Gasteiger partial charge in [0.05, 0.1) is 16.3 Å². The van der Waals surface area contributed by atoms with Gasteiger partial charge in [0, 0.05) is 11.8 Å². The molecule has 0 aromatic heterocycles. The summed E-state index contributed by atoms with van der Waals surface area (Å²) in [6.07, 6.45) is 7.40. The summed E-state index contributed by atoms with van der Waals surface area (Å²) < 4.78 is 0. The van der Waals surface area contributed by atoms with E-state index in [1.165, 1.54) is 37.1 Å².